The van der Waals surface area contributed by atoms with E-state index in [0.29, 0.717) is 30.8 Å². The summed E-state index contributed by atoms with van der Waals surface area (Å²) in [6, 6.07) is 5.94. The quantitative estimate of drug-likeness (QED) is 0.463. The highest BCUT2D eigenvalue weighted by molar-refractivity contribution is 5.50. The predicted octanol–water partition coefficient (Wildman–Crippen LogP) is 3.13. The molecular weight excluding hydrogens is 442 g/mol. The summed E-state index contributed by atoms with van der Waals surface area (Å²) in [6.07, 6.45) is 10.5. The van der Waals surface area contributed by atoms with Gasteiger partial charge in [-0.05, 0) is 88.9 Å². The highest BCUT2D eigenvalue weighted by Crippen LogP contribution is 2.12. The van der Waals surface area contributed by atoms with Crippen LogP contribution < -0.4 is 22.1 Å². The molecule has 9 heteroatoms. The molecule has 2 aromatic heterocycles. The minimum atomic E-state index is -0.245. The number of likely N-dealkylation sites (tertiary alicyclic amines) is 1. The van der Waals surface area contributed by atoms with Crippen LogP contribution in [0.4, 0.5) is 11.6 Å². The number of hydrogen-bond acceptors (Lipinski definition) is 8. The maximum Gasteiger partial charge on any atom is 0.349 e. The fourth-order valence-corrected chi connectivity index (χ4v) is 3.97. The van der Waals surface area contributed by atoms with Gasteiger partial charge in [-0.1, -0.05) is 19.9 Å². The van der Waals surface area contributed by atoms with Crippen molar-refractivity contribution in [3.63, 3.8) is 0 Å². The van der Waals surface area contributed by atoms with E-state index >= 15 is 0 Å². The van der Waals surface area contributed by atoms with Gasteiger partial charge in [0, 0.05) is 32.1 Å². The fraction of sp³-hybridized carbons (Fsp3) is 0.654. The SMILES string of the molecule is C1CCNC1.CC.COCc1ccc(Nc2ccn(CCCCN3CCC(N)CC3)c(=O)n2)nc1. The van der Waals surface area contributed by atoms with Gasteiger partial charge in [-0.15, -0.1) is 0 Å². The third-order valence-electron chi connectivity index (χ3n) is 5.98. The molecular formula is C26H45N7O2. The Morgan fingerprint density at radius 1 is 1.09 bits per heavy atom. The zero-order chi connectivity index (χ0) is 25.3. The van der Waals surface area contributed by atoms with Crippen LogP contribution in [0.3, 0.4) is 0 Å². The topological polar surface area (TPSA) is 110 Å². The Hall–Kier alpha value is -2.33. The first kappa shape index (κ1) is 28.9. The van der Waals surface area contributed by atoms with Crippen LogP contribution in [0.5, 0.6) is 0 Å². The summed E-state index contributed by atoms with van der Waals surface area (Å²) in [7, 11) is 1.65. The van der Waals surface area contributed by atoms with Gasteiger partial charge in [0.05, 0.1) is 6.61 Å². The number of nitrogens with one attached hydrogen (secondary N) is 2. The number of pyridine rings is 1. The number of nitrogens with zero attached hydrogens (tertiary/aromatic N) is 4. The van der Waals surface area contributed by atoms with Gasteiger partial charge in [-0.25, -0.2) is 9.78 Å². The van der Waals surface area contributed by atoms with E-state index in [0.717, 1.165) is 50.9 Å². The number of aryl methyl sites for hydroxylation is 1. The van der Waals surface area contributed by atoms with Crippen molar-refractivity contribution in [3.8, 4) is 0 Å². The number of nitrogens with two attached hydrogens (primary N) is 1. The molecule has 9 nitrogen and oxygen atoms in total. The molecule has 0 saturated carbocycles. The predicted molar refractivity (Wildman–Crippen MR) is 143 cm³/mol. The maximum atomic E-state index is 12.3. The van der Waals surface area contributed by atoms with E-state index in [1.807, 2.05) is 26.0 Å². The van der Waals surface area contributed by atoms with Crippen molar-refractivity contribution in [2.45, 2.75) is 71.6 Å². The Kier molecular flexibility index (Phi) is 14.2. The van der Waals surface area contributed by atoms with Crippen LogP contribution in [0.2, 0.25) is 0 Å². The number of anilines is 2. The summed E-state index contributed by atoms with van der Waals surface area (Å²) < 4.78 is 6.73. The van der Waals surface area contributed by atoms with Crippen molar-refractivity contribution in [1.29, 1.82) is 0 Å². The molecule has 4 N–H and O–H groups in total. The van der Waals surface area contributed by atoms with Gasteiger partial charge in [-0.2, -0.15) is 4.98 Å². The van der Waals surface area contributed by atoms with Gasteiger partial charge in [0.1, 0.15) is 11.6 Å². The lowest BCUT2D eigenvalue weighted by Gasteiger charge is -2.29. The molecule has 0 aliphatic carbocycles. The molecule has 0 aromatic carbocycles. The second-order valence-electron chi connectivity index (χ2n) is 8.74. The van der Waals surface area contributed by atoms with Crippen LogP contribution in [-0.2, 0) is 17.9 Å². The van der Waals surface area contributed by atoms with Crippen LogP contribution in [0.15, 0.2) is 35.4 Å². The first-order valence-electron chi connectivity index (χ1n) is 13.1. The standard InChI is InChI=1S/C20H30N6O2.C4H9N.C2H6/c1-28-15-16-4-5-18(22-14-16)23-19-8-13-26(20(27)24-19)10-3-2-9-25-11-6-17(21)7-12-25;1-2-4-5-3-1;1-2/h4-5,8,13-14,17H,2-3,6-7,9-12,15,21H2,1H3,(H,22,23,24,27);5H,1-4H2;1-2H3. The number of unbranched alkanes of at least 4 members (excludes halogenated alkanes) is 1. The normalized spacial score (nSPS) is 16.1. The van der Waals surface area contributed by atoms with E-state index in [-0.39, 0.29) is 5.69 Å². The summed E-state index contributed by atoms with van der Waals surface area (Å²) in [6.45, 7) is 10.9. The third kappa shape index (κ3) is 11.3. The van der Waals surface area contributed by atoms with Crippen LogP contribution in [0.1, 0.15) is 57.9 Å². The first-order valence-corrected chi connectivity index (χ1v) is 13.1. The highest BCUT2D eigenvalue weighted by Gasteiger charge is 2.15. The number of methoxy groups -OCH3 is 1. The lowest BCUT2D eigenvalue weighted by Crippen LogP contribution is -2.40. The number of aromatic nitrogens is 3. The summed E-state index contributed by atoms with van der Waals surface area (Å²) in [5.74, 6) is 1.14. The number of rotatable bonds is 9. The molecule has 0 atom stereocenters. The molecule has 4 heterocycles. The van der Waals surface area contributed by atoms with Gasteiger partial charge < -0.3 is 26.0 Å². The van der Waals surface area contributed by atoms with E-state index in [9.17, 15) is 4.79 Å². The fourth-order valence-electron chi connectivity index (χ4n) is 3.97. The van der Waals surface area contributed by atoms with Crippen molar-refractivity contribution >= 4 is 11.6 Å². The summed E-state index contributed by atoms with van der Waals surface area (Å²) in [4.78, 5) is 23.1. The van der Waals surface area contributed by atoms with Crippen molar-refractivity contribution < 1.29 is 4.74 Å². The smallest absolute Gasteiger partial charge is 0.349 e. The van der Waals surface area contributed by atoms with Gasteiger partial charge in [0.15, 0.2) is 0 Å². The number of hydrogen-bond donors (Lipinski definition) is 3. The average Bonchev–Trinajstić information content (AvgIpc) is 3.47. The Morgan fingerprint density at radius 2 is 1.80 bits per heavy atom. The number of ether oxygens (including phenoxy) is 1. The molecule has 0 amide bonds. The second-order valence-corrected chi connectivity index (χ2v) is 8.74. The van der Waals surface area contributed by atoms with Gasteiger partial charge in [0.2, 0.25) is 0 Å². The van der Waals surface area contributed by atoms with Crippen molar-refractivity contribution in [2.75, 3.05) is 45.2 Å². The third-order valence-corrected chi connectivity index (χ3v) is 5.98. The van der Waals surface area contributed by atoms with E-state index < -0.39 is 0 Å². The Bertz CT molecular complexity index is 853. The lowest BCUT2D eigenvalue weighted by molar-refractivity contribution is 0.184. The molecule has 35 heavy (non-hydrogen) atoms. The molecule has 196 valence electrons. The van der Waals surface area contributed by atoms with Crippen LogP contribution in [0, 0.1) is 0 Å². The molecule has 2 saturated heterocycles. The van der Waals surface area contributed by atoms with Crippen LogP contribution >= 0.6 is 0 Å². The lowest BCUT2D eigenvalue weighted by atomic mass is 10.1. The average molecular weight is 488 g/mol. The maximum absolute atomic E-state index is 12.3. The molecule has 2 aliphatic rings. The first-order chi connectivity index (χ1) is 17.1. The Morgan fingerprint density at radius 3 is 2.37 bits per heavy atom. The zero-order valence-electron chi connectivity index (χ0n) is 21.8. The molecule has 2 aliphatic heterocycles. The van der Waals surface area contributed by atoms with E-state index in [2.05, 4.69) is 25.5 Å². The number of piperidine rings is 1. The summed E-state index contributed by atoms with van der Waals surface area (Å²) >= 11 is 0. The van der Waals surface area contributed by atoms with Crippen LogP contribution in [0.25, 0.3) is 0 Å². The van der Waals surface area contributed by atoms with Gasteiger partial charge >= 0.3 is 5.69 Å². The monoisotopic (exact) mass is 487 g/mol. The second kappa shape index (κ2) is 17.2. The molecule has 4 rings (SSSR count). The molecule has 2 aromatic rings. The summed E-state index contributed by atoms with van der Waals surface area (Å²) in [5.41, 5.74) is 6.68. The van der Waals surface area contributed by atoms with E-state index in [4.69, 9.17) is 10.5 Å². The largest absolute Gasteiger partial charge is 0.380 e. The molecule has 0 spiro atoms. The Labute approximate surface area is 210 Å². The van der Waals surface area contributed by atoms with E-state index in [1.54, 1.807) is 30.1 Å². The van der Waals surface area contributed by atoms with E-state index in [1.165, 1.54) is 25.9 Å². The van der Waals surface area contributed by atoms with Gasteiger partial charge in [0.25, 0.3) is 0 Å². The highest BCUT2D eigenvalue weighted by atomic mass is 16.5. The minimum Gasteiger partial charge on any atom is -0.380 e. The van der Waals surface area contributed by atoms with Crippen LogP contribution in [-0.4, -0.2) is 65.3 Å². The molecule has 2 fully saturated rings. The molecule has 0 unspecified atom stereocenters. The van der Waals surface area contributed by atoms with Crippen molar-refractivity contribution in [2.24, 2.45) is 5.73 Å². The molecule has 0 bridgehead atoms. The minimum absolute atomic E-state index is 0.245. The zero-order valence-corrected chi connectivity index (χ0v) is 21.8. The van der Waals surface area contributed by atoms with Crippen molar-refractivity contribution in [1.82, 2.24) is 24.8 Å². The Balaban J connectivity index is 0.000000538. The van der Waals surface area contributed by atoms with Crippen molar-refractivity contribution in [3.05, 3.63) is 46.6 Å². The summed E-state index contributed by atoms with van der Waals surface area (Å²) in [5, 5.41) is 6.28. The van der Waals surface area contributed by atoms with Gasteiger partial charge in [-0.3, -0.25) is 4.57 Å². The molecule has 0 radical (unpaired) electrons.